The average molecular weight is 554 g/mol. The van der Waals surface area contributed by atoms with Crippen molar-refractivity contribution < 1.29 is 17.9 Å². The Morgan fingerprint density at radius 2 is 1.69 bits per heavy atom. The van der Waals surface area contributed by atoms with Gasteiger partial charge in [0.1, 0.15) is 17.4 Å². The summed E-state index contributed by atoms with van der Waals surface area (Å²) in [4.78, 5) is 22.2. The van der Waals surface area contributed by atoms with Gasteiger partial charge in [0.15, 0.2) is 0 Å². The highest BCUT2D eigenvalue weighted by Gasteiger charge is 2.26. The highest BCUT2D eigenvalue weighted by atomic mass is 32.2. The number of benzene rings is 2. The maximum Gasteiger partial charge on any atom is 0.243 e. The minimum Gasteiger partial charge on any atom is -0.497 e. The van der Waals surface area contributed by atoms with Crippen LogP contribution in [0.2, 0.25) is 0 Å². The molecule has 10 heteroatoms. The van der Waals surface area contributed by atoms with E-state index in [1.807, 2.05) is 31.6 Å². The Bertz CT molecular complexity index is 1370. The Balaban J connectivity index is 1.27. The van der Waals surface area contributed by atoms with Crippen LogP contribution in [-0.2, 0) is 34.8 Å². The van der Waals surface area contributed by atoms with Gasteiger partial charge in [-0.15, -0.1) is 0 Å². The number of imidazole rings is 1. The van der Waals surface area contributed by atoms with Gasteiger partial charge in [-0.2, -0.15) is 0 Å². The van der Waals surface area contributed by atoms with Crippen molar-refractivity contribution in [1.82, 2.24) is 18.8 Å². The summed E-state index contributed by atoms with van der Waals surface area (Å²) in [6, 6.07) is 11.6. The summed E-state index contributed by atoms with van der Waals surface area (Å²) in [5.74, 6) is 1.71. The van der Waals surface area contributed by atoms with Gasteiger partial charge in [-0.1, -0.05) is 12.1 Å². The first-order chi connectivity index (χ1) is 18.6. The zero-order chi connectivity index (χ0) is 28.2. The molecular weight excluding hydrogens is 514 g/mol. The summed E-state index contributed by atoms with van der Waals surface area (Å²) >= 11 is 0. The van der Waals surface area contributed by atoms with E-state index in [0.717, 1.165) is 49.8 Å². The molecule has 0 atom stereocenters. The number of anilines is 1. The zero-order valence-electron chi connectivity index (χ0n) is 23.6. The number of aromatic nitrogens is 2. The smallest absolute Gasteiger partial charge is 0.243 e. The number of nitrogens with zero attached hydrogens (tertiary/aromatic N) is 5. The number of piperazine rings is 1. The topological polar surface area (TPSA) is 88.0 Å². The highest BCUT2D eigenvalue weighted by molar-refractivity contribution is 7.89. The fourth-order valence-electron chi connectivity index (χ4n) is 5.05. The van der Waals surface area contributed by atoms with E-state index in [2.05, 4.69) is 31.5 Å². The van der Waals surface area contributed by atoms with Gasteiger partial charge in [-0.25, -0.2) is 17.7 Å². The van der Waals surface area contributed by atoms with E-state index in [4.69, 9.17) is 4.74 Å². The van der Waals surface area contributed by atoms with Gasteiger partial charge >= 0.3 is 0 Å². The van der Waals surface area contributed by atoms with Crippen LogP contribution in [-0.4, -0.2) is 79.8 Å². The first-order valence-corrected chi connectivity index (χ1v) is 14.7. The molecule has 9 nitrogen and oxygen atoms in total. The van der Waals surface area contributed by atoms with Gasteiger partial charge in [0.2, 0.25) is 10.0 Å². The maximum atomic E-state index is 13.2. The van der Waals surface area contributed by atoms with Crippen molar-refractivity contribution in [1.29, 1.82) is 0 Å². The minimum absolute atomic E-state index is 0.0101. The lowest BCUT2D eigenvalue weighted by Crippen LogP contribution is -2.46. The Labute approximate surface area is 232 Å². The van der Waals surface area contributed by atoms with Crippen LogP contribution in [0.5, 0.6) is 5.75 Å². The van der Waals surface area contributed by atoms with Crippen LogP contribution in [0.4, 0.5) is 5.69 Å². The summed E-state index contributed by atoms with van der Waals surface area (Å²) in [7, 11) is 1.38. The summed E-state index contributed by atoms with van der Waals surface area (Å²) in [5, 5.41) is 0. The van der Waals surface area contributed by atoms with E-state index in [-0.39, 0.29) is 30.1 Å². The number of rotatable bonds is 11. The fourth-order valence-corrected chi connectivity index (χ4v) is 6.62. The van der Waals surface area contributed by atoms with Crippen LogP contribution < -0.4 is 9.64 Å². The second-order valence-corrected chi connectivity index (χ2v) is 12.2. The average Bonchev–Trinajstić information content (AvgIpc) is 3.31. The predicted molar refractivity (Wildman–Crippen MR) is 153 cm³/mol. The molecule has 1 aliphatic heterocycles. The van der Waals surface area contributed by atoms with Gasteiger partial charge in [0.05, 0.1) is 18.6 Å². The molecule has 4 rings (SSSR count). The molecule has 0 spiro atoms. The van der Waals surface area contributed by atoms with Crippen molar-refractivity contribution in [3.05, 3.63) is 71.3 Å². The zero-order valence-corrected chi connectivity index (χ0v) is 24.4. The first-order valence-electron chi connectivity index (χ1n) is 13.2. The molecule has 2 heterocycles. The summed E-state index contributed by atoms with van der Waals surface area (Å²) < 4.78 is 35.0. The number of carbonyl (C=O) groups excluding carboxylic acids is 1. The second kappa shape index (κ2) is 12.3. The summed E-state index contributed by atoms with van der Waals surface area (Å²) in [6.45, 7) is 8.33. The normalized spacial score (nSPS) is 14.7. The molecule has 0 aliphatic carbocycles. The van der Waals surface area contributed by atoms with Gasteiger partial charge in [0.25, 0.3) is 0 Å². The molecule has 0 radical (unpaired) electrons. The van der Waals surface area contributed by atoms with Crippen molar-refractivity contribution in [3.63, 3.8) is 0 Å². The van der Waals surface area contributed by atoms with Crippen LogP contribution in [0.1, 0.15) is 28.9 Å². The number of methoxy groups -OCH3 is 1. The van der Waals surface area contributed by atoms with Gasteiger partial charge in [0, 0.05) is 77.7 Å². The number of hydrogen-bond acceptors (Lipinski definition) is 7. The second-order valence-electron chi connectivity index (χ2n) is 10.3. The third-order valence-corrected chi connectivity index (χ3v) is 9.57. The quantitative estimate of drug-likeness (QED) is 0.360. The molecule has 1 aromatic heterocycles. The Morgan fingerprint density at radius 3 is 2.26 bits per heavy atom. The molecular formula is C29H39N5O4S. The highest BCUT2D eigenvalue weighted by Crippen LogP contribution is 2.28. The third kappa shape index (κ3) is 6.87. The predicted octanol–water partition coefficient (Wildman–Crippen LogP) is 3.19. The van der Waals surface area contributed by atoms with Crippen LogP contribution in [0, 0.1) is 13.8 Å². The van der Waals surface area contributed by atoms with E-state index in [9.17, 15) is 13.2 Å². The molecule has 210 valence electrons. The van der Waals surface area contributed by atoms with Crippen molar-refractivity contribution in [2.75, 3.05) is 51.8 Å². The third-order valence-electron chi connectivity index (χ3n) is 7.40. The summed E-state index contributed by atoms with van der Waals surface area (Å²) in [5.41, 5.74) is 3.34. The monoisotopic (exact) mass is 553 g/mol. The number of ether oxygens (including phenoxy) is 1. The number of hydrogen-bond donors (Lipinski definition) is 0. The largest absolute Gasteiger partial charge is 0.497 e. The number of aryl methyl sites for hydroxylation is 3. The van der Waals surface area contributed by atoms with Crippen molar-refractivity contribution in [3.8, 4) is 5.75 Å². The number of carbonyl (C=O) groups is 1. The lowest BCUT2D eigenvalue weighted by atomic mass is 10.1. The molecule has 3 aromatic rings. The van der Waals surface area contributed by atoms with Crippen LogP contribution >= 0.6 is 0 Å². The van der Waals surface area contributed by atoms with E-state index >= 15 is 0 Å². The maximum absolute atomic E-state index is 13.2. The number of Topliss-reactive ketones (excluding diaryl/α,β-unsaturated/α-hetero) is 1. The molecule has 39 heavy (non-hydrogen) atoms. The molecule has 1 fully saturated rings. The number of ketones is 1. The molecule has 0 saturated carbocycles. The van der Waals surface area contributed by atoms with E-state index in [0.29, 0.717) is 16.9 Å². The molecule has 0 amide bonds. The Kier molecular flexibility index (Phi) is 9.09. The fraction of sp³-hybridized carbons (Fsp3) is 0.448. The van der Waals surface area contributed by atoms with Gasteiger partial charge < -0.3 is 14.2 Å². The molecule has 1 aliphatic rings. The standard InChI is InChI=1S/C29H39N5O4S/c1-22-18-27(38-5)19-23(2)29(22)39(36,37)32(4)12-10-26(35)20-24-6-8-25(9-7-24)34-16-14-33(15-17-34)21-28-30-11-13-31(28)3/h6-9,11,13,18-19H,10,12,14-17,20-21H2,1-5H3. The number of sulfonamides is 1. The Morgan fingerprint density at radius 1 is 1.05 bits per heavy atom. The molecule has 0 N–H and O–H groups in total. The van der Waals surface area contributed by atoms with Gasteiger partial charge in [-0.3, -0.25) is 9.69 Å². The van der Waals surface area contributed by atoms with Crippen molar-refractivity contribution >= 4 is 21.5 Å². The van der Waals surface area contributed by atoms with E-state index in [1.54, 1.807) is 33.1 Å². The van der Waals surface area contributed by atoms with Crippen LogP contribution in [0.15, 0.2) is 53.7 Å². The van der Waals surface area contributed by atoms with Crippen molar-refractivity contribution in [2.24, 2.45) is 7.05 Å². The van der Waals surface area contributed by atoms with E-state index < -0.39 is 10.0 Å². The van der Waals surface area contributed by atoms with Crippen molar-refractivity contribution in [2.45, 2.75) is 38.1 Å². The minimum atomic E-state index is -3.72. The van der Waals surface area contributed by atoms with E-state index in [1.165, 1.54) is 11.4 Å². The molecule has 2 aromatic carbocycles. The van der Waals surface area contributed by atoms with Crippen LogP contribution in [0.25, 0.3) is 0 Å². The van der Waals surface area contributed by atoms with Crippen LogP contribution in [0.3, 0.4) is 0 Å². The lowest BCUT2D eigenvalue weighted by molar-refractivity contribution is -0.118. The first kappa shape index (κ1) is 28.8. The molecule has 1 saturated heterocycles. The Hall–Kier alpha value is -3.21. The lowest BCUT2D eigenvalue weighted by Gasteiger charge is -2.36. The summed E-state index contributed by atoms with van der Waals surface area (Å²) in [6.07, 6.45) is 4.25. The SMILES string of the molecule is COc1cc(C)c(S(=O)(=O)N(C)CCC(=O)Cc2ccc(N3CCN(Cc4nccn4C)CC3)cc2)c(C)c1. The molecule has 0 unspecified atom stereocenters. The van der Waals surface area contributed by atoms with Gasteiger partial charge in [-0.05, 0) is 54.8 Å². The molecule has 0 bridgehead atoms.